The minimum atomic E-state index is -3.12. The van der Waals surface area contributed by atoms with Crippen molar-refractivity contribution in [2.75, 3.05) is 16.4 Å². The van der Waals surface area contributed by atoms with E-state index in [0.717, 1.165) is 16.8 Å². The SMILES string of the molecule is Cc1cc(C)cc(N2C(=NC(=O)CCCC(=O)[O-])S[C@H]3CS(=O)(=O)C[C@H]32)c1. The maximum absolute atomic E-state index is 12.2. The summed E-state index contributed by atoms with van der Waals surface area (Å²) in [6.45, 7) is 3.93. The van der Waals surface area contributed by atoms with Gasteiger partial charge < -0.3 is 14.8 Å². The molecule has 0 aliphatic carbocycles. The number of aliphatic imine (C=N–C) groups is 1. The van der Waals surface area contributed by atoms with Crippen LogP contribution in [0.2, 0.25) is 0 Å². The number of amides is 1. The van der Waals surface area contributed by atoms with Crippen LogP contribution in [0.15, 0.2) is 23.2 Å². The molecule has 2 aliphatic heterocycles. The van der Waals surface area contributed by atoms with Gasteiger partial charge >= 0.3 is 0 Å². The van der Waals surface area contributed by atoms with E-state index < -0.39 is 21.7 Å². The number of carbonyl (C=O) groups is 2. The highest BCUT2D eigenvalue weighted by Gasteiger charge is 2.49. The Morgan fingerprint density at radius 3 is 2.48 bits per heavy atom. The number of hydrogen-bond acceptors (Lipinski definition) is 6. The fraction of sp³-hybridized carbons (Fsp3) is 0.500. The van der Waals surface area contributed by atoms with E-state index in [-0.39, 0.29) is 42.1 Å². The van der Waals surface area contributed by atoms with Gasteiger partial charge in [0.05, 0.1) is 17.5 Å². The molecule has 0 bridgehead atoms. The van der Waals surface area contributed by atoms with Crippen molar-refractivity contribution < 1.29 is 23.1 Å². The van der Waals surface area contributed by atoms with Crippen molar-refractivity contribution in [1.29, 1.82) is 0 Å². The number of carbonyl (C=O) groups excluding carboxylic acids is 2. The summed E-state index contributed by atoms with van der Waals surface area (Å²) >= 11 is 1.31. The Hall–Kier alpha value is -1.87. The molecule has 2 atom stereocenters. The van der Waals surface area contributed by atoms with E-state index in [4.69, 9.17) is 0 Å². The van der Waals surface area contributed by atoms with Gasteiger partial charge in [0.1, 0.15) is 0 Å². The first-order chi connectivity index (χ1) is 12.6. The molecule has 0 N–H and O–H groups in total. The van der Waals surface area contributed by atoms with Crippen molar-refractivity contribution in [1.82, 2.24) is 0 Å². The largest absolute Gasteiger partial charge is 0.550 e. The second-order valence-electron chi connectivity index (χ2n) is 7.03. The number of rotatable bonds is 5. The molecule has 0 aromatic heterocycles. The summed E-state index contributed by atoms with van der Waals surface area (Å²) in [5, 5.41) is 10.8. The first-order valence-electron chi connectivity index (χ1n) is 8.70. The number of aliphatic carboxylic acids is 1. The number of anilines is 1. The number of benzene rings is 1. The quantitative estimate of drug-likeness (QED) is 0.709. The van der Waals surface area contributed by atoms with Crippen molar-refractivity contribution in [2.45, 2.75) is 44.4 Å². The van der Waals surface area contributed by atoms with Crippen molar-refractivity contribution in [2.24, 2.45) is 4.99 Å². The Labute approximate surface area is 162 Å². The third kappa shape index (κ3) is 4.70. The Bertz CT molecular complexity index is 890. The molecule has 9 heteroatoms. The number of aryl methyl sites for hydroxylation is 2. The lowest BCUT2D eigenvalue weighted by Gasteiger charge is -2.25. The Morgan fingerprint density at radius 1 is 1.19 bits per heavy atom. The predicted molar refractivity (Wildman–Crippen MR) is 104 cm³/mol. The molecular weight excluding hydrogens is 388 g/mol. The van der Waals surface area contributed by atoms with Gasteiger partial charge in [-0.05, 0) is 49.9 Å². The number of sulfone groups is 1. The van der Waals surface area contributed by atoms with Gasteiger partial charge in [-0.3, -0.25) is 4.79 Å². The second kappa shape index (κ2) is 7.63. The molecule has 0 saturated carbocycles. The molecule has 27 heavy (non-hydrogen) atoms. The number of fused-ring (bicyclic) bond motifs is 1. The molecule has 1 amide bonds. The standard InChI is InChI=1S/C18H22N2O5S2/c1-11-6-12(2)8-13(7-11)20-14-9-27(24,25)10-15(14)26-18(20)19-16(21)4-3-5-17(22)23/h6-8,14-15H,3-5,9-10H2,1-2H3,(H,22,23)/p-1/t14-,15+/m1/s1. The molecule has 2 aliphatic rings. The summed E-state index contributed by atoms with van der Waals surface area (Å²) in [5.41, 5.74) is 2.91. The lowest BCUT2D eigenvalue weighted by Crippen LogP contribution is -2.37. The van der Waals surface area contributed by atoms with Crippen LogP contribution in [-0.4, -0.2) is 48.3 Å². The lowest BCUT2D eigenvalue weighted by atomic mass is 10.1. The zero-order valence-corrected chi connectivity index (χ0v) is 16.8. The first-order valence-corrected chi connectivity index (χ1v) is 11.4. The summed E-state index contributed by atoms with van der Waals surface area (Å²) in [5.74, 6) is -1.49. The highest BCUT2D eigenvalue weighted by molar-refractivity contribution is 8.16. The number of amidine groups is 1. The number of nitrogens with zero attached hydrogens (tertiary/aromatic N) is 2. The zero-order chi connectivity index (χ0) is 19.8. The number of carboxylic acids is 1. The van der Waals surface area contributed by atoms with Gasteiger partial charge in [0, 0.05) is 23.3 Å². The molecule has 146 valence electrons. The maximum Gasteiger partial charge on any atom is 0.248 e. The molecule has 0 unspecified atom stereocenters. The fourth-order valence-corrected chi connectivity index (χ4v) is 7.43. The third-order valence-corrected chi connectivity index (χ3v) is 7.75. The van der Waals surface area contributed by atoms with Gasteiger partial charge in [0.15, 0.2) is 15.0 Å². The summed E-state index contributed by atoms with van der Waals surface area (Å²) in [6.07, 6.45) is 0.00772. The van der Waals surface area contributed by atoms with Crippen LogP contribution in [-0.2, 0) is 19.4 Å². The van der Waals surface area contributed by atoms with Gasteiger partial charge in [-0.2, -0.15) is 4.99 Å². The van der Waals surface area contributed by atoms with Crippen LogP contribution >= 0.6 is 11.8 Å². The third-order valence-electron chi connectivity index (χ3n) is 4.54. The maximum atomic E-state index is 12.2. The van der Waals surface area contributed by atoms with E-state index in [1.54, 1.807) is 0 Å². The minimum absolute atomic E-state index is 0.0202. The lowest BCUT2D eigenvalue weighted by molar-refractivity contribution is -0.305. The molecule has 2 heterocycles. The average Bonchev–Trinajstić information content (AvgIpc) is 2.96. The topological polar surface area (TPSA) is 107 Å². The van der Waals surface area contributed by atoms with E-state index in [1.165, 1.54) is 11.8 Å². The Balaban J connectivity index is 1.89. The molecular formula is C18H21N2O5S2-. The van der Waals surface area contributed by atoms with Gasteiger partial charge in [-0.15, -0.1) is 0 Å². The molecule has 2 fully saturated rings. The van der Waals surface area contributed by atoms with E-state index >= 15 is 0 Å². The van der Waals surface area contributed by atoms with E-state index in [9.17, 15) is 23.1 Å². The van der Waals surface area contributed by atoms with Crippen LogP contribution in [0.3, 0.4) is 0 Å². The molecule has 7 nitrogen and oxygen atoms in total. The Morgan fingerprint density at radius 2 is 1.85 bits per heavy atom. The average molecular weight is 410 g/mol. The molecule has 0 radical (unpaired) electrons. The monoisotopic (exact) mass is 409 g/mol. The van der Waals surface area contributed by atoms with Crippen molar-refractivity contribution in [3.8, 4) is 0 Å². The van der Waals surface area contributed by atoms with Gasteiger partial charge in [-0.25, -0.2) is 8.42 Å². The first kappa shape index (κ1) is 19.9. The number of hydrogen-bond donors (Lipinski definition) is 0. The van der Waals surface area contributed by atoms with Crippen LogP contribution in [0.4, 0.5) is 5.69 Å². The summed E-state index contributed by atoms with van der Waals surface area (Å²) < 4.78 is 24.2. The summed E-state index contributed by atoms with van der Waals surface area (Å²) in [4.78, 5) is 28.7. The van der Waals surface area contributed by atoms with Crippen LogP contribution in [0.1, 0.15) is 30.4 Å². The summed E-state index contributed by atoms with van der Waals surface area (Å²) in [7, 11) is -3.12. The molecule has 3 rings (SSSR count). The molecule has 0 spiro atoms. The van der Waals surface area contributed by atoms with Gasteiger partial charge in [0.2, 0.25) is 5.91 Å². The van der Waals surface area contributed by atoms with Crippen molar-refractivity contribution >= 4 is 44.3 Å². The van der Waals surface area contributed by atoms with Crippen LogP contribution < -0.4 is 10.0 Å². The number of thioether (sulfide) groups is 1. The van der Waals surface area contributed by atoms with Crippen LogP contribution in [0, 0.1) is 13.8 Å². The smallest absolute Gasteiger partial charge is 0.248 e. The van der Waals surface area contributed by atoms with Crippen LogP contribution in [0.5, 0.6) is 0 Å². The van der Waals surface area contributed by atoms with E-state index in [2.05, 4.69) is 4.99 Å². The van der Waals surface area contributed by atoms with Crippen molar-refractivity contribution in [3.05, 3.63) is 29.3 Å². The molecule has 1 aromatic rings. The second-order valence-corrected chi connectivity index (χ2v) is 10.4. The van der Waals surface area contributed by atoms with Crippen LogP contribution in [0.25, 0.3) is 0 Å². The highest BCUT2D eigenvalue weighted by atomic mass is 32.2. The zero-order valence-electron chi connectivity index (χ0n) is 15.2. The van der Waals surface area contributed by atoms with Gasteiger partial charge in [0.25, 0.3) is 0 Å². The fourth-order valence-electron chi connectivity index (χ4n) is 3.50. The minimum Gasteiger partial charge on any atom is -0.550 e. The predicted octanol–water partition coefficient (Wildman–Crippen LogP) is 0.825. The highest BCUT2D eigenvalue weighted by Crippen LogP contribution is 2.41. The molecule has 2 saturated heterocycles. The Kier molecular flexibility index (Phi) is 5.62. The van der Waals surface area contributed by atoms with E-state index in [1.807, 2.05) is 36.9 Å². The van der Waals surface area contributed by atoms with Crippen molar-refractivity contribution in [3.63, 3.8) is 0 Å². The molecule has 1 aromatic carbocycles. The summed E-state index contributed by atoms with van der Waals surface area (Å²) in [6, 6.07) is 5.68. The van der Waals surface area contributed by atoms with Gasteiger partial charge in [-0.1, -0.05) is 17.8 Å². The van der Waals surface area contributed by atoms with E-state index in [0.29, 0.717) is 5.17 Å². The normalized spacial score (nSPS) is 25.0. The number of carboxylic acid groups (broad SMARTS) is 1.